The van der Waals surface area contributed by atoms with Crippen LogP contribution < -0.4 is 5.32 Å². The quantitative estimate of drug-likeness (QED) is 0.512. The molecular weight excluding hydrogens is 163 g/mol. The zero-order chi connectivity index (χ0) is 8.72. The van der Waals surface area contributed by atoms with Crippen molar-refractivity contribution in [1.29, 1.82) is 0 Å². The Bertz CT molecular complexity index is 220. The highest BCUT2D eigenvalue weighted by molar-refractivity contribution is 5.95. The summed E-state index contributed by atoms with van der Waals surface area (Å²) in [5.41, 5.74) is 0. The van der Waals surface area contributed by atoms with Gasteiger partial charge in [0, 0.05) is 6.42 Å². The Kier molecular flexibility index (Phi) is 1.52. The molecule has 0 aromatic carbocycles. The van der Waals surface area contributed by atoms with Crippen LogP contribution in [0.5, 0.6) is 0 Å². The third kappa shape index (κ3) is 0.964. The van der Waals surface area contributed by atoms with E-state index in [9.17, 15) is 14.0 Å². The van der Waals surface area contributed by atoms with E-state index in [0.717, 1.165) is 0 Å². The lowest BCUT2D eigenvalue weighted by Gasteiger charge is -2.28. The standard InChI is InChI=1S/C7H9FN2O2/c8-4-1-5-7(12)9-2-6(11)10(5)3-4/h4-5H,1-3H2,(H,9,12). The normalized spacial score (nSPS) is 34.9. The second-order valence-electron chi connectivity index (χ2n) is 3.11. The minimum Gasteiger partial charge on any atom is -0.345 e. The SMILES string of the molecule is O=C1NCC(=O)N2CC(F)CC12. The highest BCUT2D eigenvalue weighted by Gasteiger charge is 2.42. The lowest BCUT2D eigenvalue weighted by Crippen LogP contribution is -2.55. The van der Waals surface area contributed by atoms with Gasteiger partial charge in [-0.1, -0.05) is 0 Å². The summed E-state index contributed by atoms with van der Waals surface area (Å²) in [5.74, 6) is -0.408. The van der Waals surface area contributed by atoms with Gasteiger partial charge in [0.2, 0.25) is 11.8 Å². The van der Waals surface area contributed by atoms with Gasteiger partial charge in [0.05, 0.1) is 13.1 Å². The Morgan fingerprint density at radius 1 is 1.50 bits per heavy atom. The molecule has 5 heteroatoms. The summed E-state index contributed by atoms with van der Waals surface area (Å²) in [6.07, 6.45) is -0.889. The Labute approximate surface area is 68.7 Å². The number of piperazine rings is 1. The van der Waals surface area contributed by atoms with Gasteiger partial charge in [-0.05, 0) is 0 Å². The van der Waals surface area contributed by atoms with E-state index < -0.39 is 12.2 Å². The number of amides is 2. The molecule has 2 unspecified atom stereocenters. The minimum absolute atomic E-state index is 0.0159. The Hall–Kier alpha value is -1.13. The average Bonchev–Trinajstić information content (AvgIpc) is 2.41. The Balaban J connectivity index is 2.20. The number of alkyl halides is 1. The van der Waals surface area contributed by atoms with Crippen molar-refractivity contribution < 1.29 is 14.0 Å². The topological polar surface area (TPSA) is 49.4 Å². The highest BCUT2D eigenvalue weighted by Crippen LogP contribution is 2.22. The van der Waals surface area contributed by atoms with E-state index in [1.165, 1.54) is 4.90 Å². The summed E-state index contributed by atoms with van der Waals surface area (Å²) in [5, 5.41) is 2.43. The molecular formula is C7H9FN2O2. The Morgan fingerprint density at radius 2 is 2.25 bits per heavy atom. The summed E-state index contributed by atoms with van der Waals surface area (Å²) in [6, 6.07) is -0.554. The number of hydrogen-bond acceptors (Lipinski definition) is 2. The van der Waals surface area contributed by atoms with Crippen LogP contribution in [0.3, 0.4) is 0 Å². The third-order valence-electron chi connectivity index (χ3n) is 2.29. The van der Waals surface area contributed by atoms with Gasteiger partial charge in [-0.25, -0.2) is 4.39 Å². The van der Waals surface area contributed by atoms with Gasteiger partial charge in [-0.3, -0.25) is 9.59 Å². The minimum atomic E-state index is -1.04. The summed E-state index contributed by atoms with van der Waals surface area (Å²) >= 11 is 0. The van der Waals surface area contributed by atoms with Crippen LogP contribution in [0.15, 0.2) is 0 Å². The molecule has 2 aliphatic rings. The predicted molar refractivity (Wildman–Crippen MR) is 38.0 cm³/mol. The second kappa shape index (κ2) is 2.43. The molecule has 4 nitrogen and oxygen atoms in total. The zero-order valence-corrected chi connectivity index (χ0v) is 6.42. The molecule has 2 heterocycles. The molecule has 0 aromatic heterocycles. The summed E-state index contributed by atoms with van der Waals surface area (Å²) in [6.45, 7) is 0.0962. The van der Waals surface area contributed by atoms with Crippen molar-refractivity contribution in [3.63, 3.8) is 0 Å². The largest absolute Gasteiger partial charge is 0.345 e. The molecule has 2 fully saturated rings. The molecule has 0 aromatic rings. The van der Waals surface area contributed by atoms with Crippen LogP contribution in [0.1, 0.15) is 6.42 Å². The van der Waals surface area contributed by atoms with E-state index in [4.69, 9.17) is 0 Å². The first kappa shape index (κ1) is 7.52. The first-order chi connectivity index (χ1) is 5.68. The van der Waals surface area contributed by atoms with Crippen molar-refractivity contribution in [2.45, 2.75) is 18.6 Å². The maximum atomic E-state index is 12.8. The van der Waals surface area contributed by atoms with Crippen LogP contribution in [0.2, 0.25) is 0 Å². The van der Waals surface area contributed by atoms with Crippen LogP contribution in [0.4, 0.5) is 4.39 Å². The highest BCUT2D eigenvalue weighted by atomic mass is 19.1. The summed E-state index contributed by atoms with van der Waals surface area (Å²) < 4.78 is 12.8. The number of hydrogen-bond donors (Lipinski definition) is 1. The van der Waals surface area contributed by atoms with Gasteiger partial charge in [0.15, 0.2) is 0 Å². The van der Waals surface area contributed by atoms with E-state index in [1.807, 2.05) is 0 Å². The van der Waals surface area contributed by atoms with Gasteiger partial charge in [-0.2, -0.15) is 0 Å². The lowest BCUT2D eigenvalue weighted by molar-refractivity contribution is -0.143. The molecule has 66 valence electrons. The van der Waals surface area contributed by atoms with E-state index in [1.54, 1.807) is 0 Å². The van der Waals surface area contributed by atoms with Crippen LogP contribution in [-0.4, -0.2) is 42.0 Å². The number of halogens is 1. The van der Waals surface area contributed by atoms with Crippen molar-refractivity contribution in [2.24, 2.45) is 0 Å². The van der Waals surface area contributed by atoms with Crippen LogP contribution in [0.25, 0.3) is 0 Å². The summed E-state index contributed by atoms with van der Waals surface area (Å²) in [7, 11) is 0. The second-order valence-corrected chi connectivity index (χ2v) is 3.11. The number of rotatable bonds is 0. The van der Waals surface area contributed by atoms with Crippen molar-refractivity contribution in [2.75, 3.05) is 13.1 Å². The third-order valence-corrected chi connectivity index (χ3v) is 2.29. The van der Waals surface area contributed by atoms with Crippen LogP contribution in [-0.2, 0) is 9.59 Å². The van der Waals surface area contributed by atoms with Gasteiger partial charge < -0.3 is 10.2 Å². The molecule has 2 amide bonds. The maximum Gasteiger partial charge on any atom is 0.243 e. The zero-order valence-electron chi connectivity index (χ0n) is 6.42. The van der Waals surface area contributed by atoms with Crippen molar-refractivity contribution in [3.8, 4) is 0 Å². The smallest absolute Gasteiger partial charge is 0.243 e. The molecule has 0 aliphatic carbocycles. The number of nitrogens with one attached hydrogen (secondary N) is 1. The fourth-order valence-electron chi connectivity index (χ4n) is 1.69. The van der Waals surface area contributed by atoms with Crippen molar-refractivity contribution in [3.05, 3.63) is 0 Å². The molecule has 1 N–H and O–H groups in total. The molecule has 0 radical (unpaired) electrons. The number of carbonyl (C=O) groups is 2. The van der Waals surface area contributed by atoms with Gasteiger partial charge >= 0.3 is 0 Å². The molecule has 0 spiro atoms. The maximum absolute atomic E-state index is 12.8. The summed E-state index contributed by atoms with van der Waals surface area (Å²) in [4.78, 5) is 23.5. The molecule has 0 bridgehead atoms. The fraction of sp³-hybridized carbons (Fsp3) is 0.714. The molecule has 12 heavy (non-hydrogen) atoms. The lowest BCUT2D eigenvalue weighted by atomic mass is 10.1. The Morgan fingerprint density at radius 3 is 2.92 bits per heavy atom. The molecule has 2 aliphatic heterocycles. The van der Waals surface area contributed by atoms with E-state index in [2.05, 4.69) is 5.32 Å². The van der Waals surface area contributed by atoms with Crippen LogP contribution >= 0.6 is 0 Å². The number of fused-ring (bicyclic) bond motifs is 1. The number of carbonyl (C=O) groups excluding carboxylic acids is 2. The monoisotopic (exact) mass is 172 g/mol. The first-order valence-corrected chi connectivity index (χ1v) is 3.90. The van der Waals surface area contributed by atoms with E-state index in [-0.39, 0.29) is 31.3 Å². The van der Waals surface area contributed by atoms with Gasteiger partial charge in [-0.15, -0.1) is 0 Å². The van der Waals surface area contributed by atoms with E-state index in [0.29, 0.717) is 0 Å². The van der Waals surface area contributed by atoms with Crippen molar-refractivity contribution in [1.82, 2.24) is 10.2 Å². The van der Waals surface area contributed by atoms with Gasteiger partial charge in [0.1, 0.15) is 12.2 Å². The van der Waals surface area contributed by atoms with Crippen molar-refractivity contribution >= 4 is 11.8 Å². The van der Waals surface area contributed by atoms with Crippen LogP contribution in [0, 0.1) is 0 Å². The fourth-order valence-corrected chi connectivity index (χ4v) is 1.69. The van der Waals surface area contributed by atoms with Gasteiger partial charge in [0.25, 0.3) is 0 Å². The first-order valence-electron chi connectivity index (χ1n) is 3.90. The predicted octanol–water partition coefficient (Wildman–Crippen LogP) is -0.945. The van der Waals surface area contributed by atoms with E-state index >= 15 is 0 Å². The molecule has 2 atom stereocenters. The molecule has 2 rings (SSSR count). The molecule has 2 saturated heterocycles. The molecule has 0 saturated carbocycles. The number of nitrogens with zero attached hydrogens (tertiary/aromatic N) is 1. The average molecular weight is 172 g/mol.